The highest BCUT2D eigenvalue weighted by atomic mass is 16.6. The van der Waals surface area contributed by atoms with Crippen molar-refractivity contribution in [2.24, 2.45) is 7.05 Å². The Morgan fingerprint density at radius 1 is 1.17 bits per heavy atom. The van der Waals surface area contributed by atoms with Gasteiger partial charge in [0, 0.05) is 37.8 Å². The summed E-state index contributed by atoms with van der Waals surface area (Å²) in [6.07, 6.45) is 6.13. The molecular weight excluding hydrogens is 372 g/mol. The average molecular weight is 394 g/mol. The quantitative estimate of drug-likeness (QED) is 0.725. The summed E-state index contributed by atoms with van der Waals surface area (Å²) in [6, 6.07) is 5.38. The lowest BCUT2D eigenvalue weighted by atomic mass is 10.1. The lowest BCUT2D eigenvalue weighted by Gasteiger charge is -2.20. The molecule has 1 unspecified atom stereocenters. The third-order valence-electron chi connectivity index (χ3n) is 5.35. The zero-order chi connectivity index (χ0) is 19.8. The van der Waals surface area contributed by atoms with Crippen molar-refractivity contribution < 1.29 is 14.3 Å². The molecule has 0 radical (unpaired) electrons. The van der Waals surface area contributed by atoms with Crippen LogP contribution in [-0.4, -0.2) is 49.7 Å². The molecule has 0 spiro atoms. The molecule has 5 rings (SSSR count). The molecule has 1 N–H and O–H groups in total. The summed E-state index contributed by atoms with van der Waals surface area (Å²) in [5, 5.41) is 16.1. The third kappa shape index (κ3) is 3.43. The second-order valence-corrected chi connectivity index (χ2v) is 7.35. The number of hydrogen-bond donors (Lipinski definition) is 1. The number of carbonyl (C=O) groups excluding carboxylic acids is 1. The number of nitrogens with zero attached hydrogens (tertiary/aromatic N) is 5. The summed E-state index contributed by atoms with van der Waals surface area (Å²) < 4.78 is 15.0. The fourth-order valence-electron chi connectivity index (χ4n) is 3.84. The first-order chi connectivity index (χ1) is 14.2. The highest BCUT2D eigenvalue weighted by Crippen LogP contribution is 2.31. The van der Waals surface area contributed by atoms with Gasteiger partial charge in [-0.2, -0.15) is 5.10 Å². The first-order valence-electron chi connectivity index (χ1n) is 9.79. The standard InChI is InChI=1S/C20H22N6O3/c1-25-12-14(11-21-25)19-24-23-18-5-3-15(6-7-26(18)19)22-20(27)13-2-4-16-17(10-13)29-9-8-28-16/h2,4,10-12,15H,3,5-9H2,1H3,(H,22,27). The summed E-state index contributed by atoms with van der Waals surface area (Å²) in [5.41, 5.74) is 1.53. The number of rotatable bonds is 3. The van der Waals surface area contributed by atoms with E-state index in [2.05, 4.69) is 25.2 Å². The smallest absolute Gasteiger partial charge is 0.251 e. The summed E-state index contributed by atoms with van der Waals surface area (Å²) in [7, 11) is 1.88. The van der Waals surface area contributed by atoms with Crippen LogP contribution in [0.2, 0.25) is 0 Å². The molecule has 2 aliphatic rings. The van der Waals surface area contributed by atoms with Crippen molar-refractivity contribution in [1.29, 1.82) is 0 Å². The Morgan fingerprint density at radius 3 is 2.86 bits per heavy atom. The minimum absolute atomic E-state index is 0.0687. The molecule has 1 amide bonds. The maximum absolute atomic E-state index is 12.8. The van der Waals surface area contributed by atoms with Crippen molar-refractivity contribution in [1.82, 2.24) is 29.9 Å². The topological polar surface area (TPSA) is 96.1 Å². The van der Waals surface area contributed by atoms with Crippen molar-refractivity contribution in [3.63, 3.8) is 0 Å². The van der Waals surface area contributed by atoms with Crippen molar-refractivity contribution in [2.45, 2.75) is 31.8 Å². The van der Waals surface area contributed by atoms with E-state index in [0.29, 0.717) is 30.3 Å². The molecule has 4 heterocycles. The zero-order valence-electron chi connectivity index (χ0n) is 16.2. The van der Waals surface area contributed by atoms with E-state index in [9.17, 15) is 4.79 Å². The Morgan fingerprint density at radius 2 is 2.03 bits per heavy atom. The summed E-state index contributed by atoms with van der Waals surface area (Å²) >= 11 is 0. The van der Waals surface area contributed by atoms with Crippen LogP contribution in [0.4, 0.5) is 0 Å². The van der Waals surface area contributed by atoms with E-state index in [1.807, 2.05) is 13.2 Å². The minimum Gasteiger partial charge on any atom is -0.486 e. The second-order valence-electron chi connectivity index (χ2n) is 7.35. The number of benzene rings is 1. The number of amides is 1. The molecule has 0 saturated carbocycles. The summed E-state index contributed by atoms with van der Waals surface area (Å²) in [5.74, 6) is 2.98. The highest BCUT2D eigenvalue weighted by Gasteiger charge is 2.23. The largest absolute Gasteiger partial charge is 0.486 e. The maximum Gasteiger partial charge on any atom is 0.251 e. The Hall–Kier alpha value is -3.36. The van der Waals surface area contributed by atoms with E-state index in [0.717, 1.165) is 43.0 Å². The van der Waals surface area contributed by atoms with Gasteiger partial charge in [-0.1, -0.05) is 0 Å². The molecule has 0 saturated heterocycles. The first kappa shape index (κ1) is 17.7. The van der Waals surface area contributed by atoms with Crippen LogP contribution in [0.25, 0.3) is 11.4 Å². The van der Waals surface area contributed by atoms with Crippen molar-refractivity contribution >= 4 is 5.91 Å². The average Bonchev–Trinajstić information content (AvgIpc) is 3.30. The van der Waals surface area contributed by atoms with Gasteiger partial charge in [-0.25, -0.2) is 0 Å². The Kier molecular flexibility index (Phi) is 4.42. The monoisotopic (exact) mass is 394 g/mol. The van der Waals surface area contributed by atoms with Gasteiger partial charge in [0.2, 0.25) is 0 Å². The number of aryl methyl sites for hydroxylation is 2. The van der Waals surface area contributed by atoms with E-state index >= 15 is 0 Å². The molecule has 2 aromatic heterocycles. The summed E-state index contributed by atoms with van der Waals surface area (Å²) in [4.78, 5) is 12.8. The minimum atomic E-state index is -0.0999. The van der Waals surface area contributed by atoms with Crippen LogP contribution in [0.5, 0.6) is 11.5 Å². The van der Waals surface area contributed by atoms with E-state index in [1.54, 1.807) is 29.1 Å². The molecule has 0 fully saturated rings. The fourth-order valence-corrected chi connectivity index (χ4v) is 3.84. The van der Waals surface area contributed by atoms with E-state index in [1.165, 1.54) is 0 Å². The zero-order valence-corrected chi connectivity index (χ0v) is 16.2. The van der Waals surface area contributed by atoms with Gasteiger partial charge in [-0.3, -0.25) is 9.48 Å². The van der Waals surface area contributed by atoms with Crippen molar-refractivity contribution in [2.75, 3.05) is 13.2 Å². The number of aromatic nitrogens is 5. The number of fused-ring (bicyclic) bond motifs is 2. The molecular formula is C20H22N6O3. The van der Waals surface area contributed by atoms with Gasteiger partial charge in [-0.15, -0.1) is 10.2 Å². The fraction of sp³-hybridized carbons (Fsp3) is 0.400. The van der Waals surface area contributed by atoms with Gasteiger partial charge >= 0.3 is 0 Å². The lowest BCUT2D eigenvalue weighted by Crippen LogP contribution is -2.35. The number of hydrogen-bond acceptors (Lipinski definition) is 6. The van der Waals surface area contributed by atoms with Gasteiger partial charge in [-0.05, 0) is 31.0 Å². The van der Waals surface area contributed by atoms with Gasteiger partial charge in [0.15, 0.2) is 17.3 Å². The SMILES string of the molecule is Cn1cc(-c2nnc3n2CCC(NC(=O)c2ccc4c(c2)OCCO4)CC3)cn1. The number of nitrogens with one attached hydrogen (secondary N) is 1. The molecule has 9 heteroatoms. The normalized spacial score (nSPS) is 18.0. The molecule has 29 heavy (non-hydrogen) atoms. The van der Waals surface area contributed by atoms with Crippen LogP contribution >= 0.6 is 0 Å². The van der Waals surface area contributed by atoms with E-state index < -0.39 is 0 Å². The molecule has 0 aliphatic carbocycles. The molecule has 1 atom stereocenters. The third-order valence-corrected chi connectivity index (χ3v) is 5.35. The van der Waals surface area contributed by atoms with Gasteiger partial charge < -0.3 is 19.4 Å². The predicted molar refractivity (Wildman–Crippen MR) is 104 cm³/mol. The van der Waals surface area contributed by atoms with Crippen LogP contribution < -0.4 is 14.8 Å². The van der Waals surface area contributed by atoms with Crippen molar-refractivity contribution in [3.8, 4) is 22.9 Å². The second kappa shape index (κ2) is 7.23. The maximum atomic E-state index is 12.8. The van der Waals surface area contributed by atoms with Crippen LogP contribution in [0.1, 0.15) is 29.0 Å². The van der Waals surface area contributed by atoms with Crippen molar-refractivity contribution in [3.05, 3.63) is 42.0 Å². The Balaban J connectivity index is 1.28. The van der Waals surface area contributed by atoms with Gasteiger partial charge in [0.05, 0.1) is 11.8 Å². The molecule has 0 bridgehead atoms. The molecule has 9 nitrogen and oxygen atoms in total. The molecule has 1 aromatic carbocycles. The Labute approximate surface area is 167 Å². The molecule has 2 aliphatic heterocycles. The van der Waals surface area contributed by atoms with Crippen LogP contribution in [0, 0.1) is 0 Å². The predicted octanol–water partition coefficient (Wildman–Crippen LogP) is 1.58. The Bertz CT molecular complexity index is 1060. The van der Waals surface area contributed by atoms with E-state index in [4.69, 9.17) is 9.47 Å². The first-order valence-corrected chi connectivity index (χ1v) is 9.79. The highest BCUT2D eigenvalue weighted by molar-refractivity contribution is 5.95. The molecule has 3 aromatic rings. The van der Waals surface area contributed by atoms with Crippen LogP contribution in [0.15, 0.2) is 30.6 Å². The number of carbonyl (C=O) groups is 1. The molecule has 150 valence electrons. The van der Waals surface area contributed by atoms with Crippen LogP contribution in [0.3, 0.4) is 0 Å². The van der Waals surface area contributed by atoms with Gasteiger partial charge in [0.25, 0.3) is 5.91 Å². The van der Waals surface area contributed by atoms with Gasteiger partial charge in [0.1, 0.15) is 19.0 Å². The lowest BCUT2D eigenvalue weighted by molar-refractivity contribution is 0.0931. The van der Waals surface area contributed by atoms with Crippen LogP contribution in [-0.2, 0) is 20.0 Å². The van der Waals surface area contributed by atoms with E-state index in [-0.39, 0.29) is 11.9 Å². The summed E-state index contributed by atoms with van der Waals surface area (Å²) in [6.45, 7) is 1.78. The number of ether oxygens (including phenoxy) is 2.